The molecule has 0 aliphatic carbocycles. The van der Waals surface area contributed by atoms with Crippen molar-refractivity contribution in [3.05, 3.63) is 91.4 Å². The maximum atomic E-state index is 12.3. The van der Waals surface area contributed by atoms with Crippen LogP contribution in [0, 0.1) is 10.1 Å². The molecule has 11 heteroatoms. The maximum Gasteiger partial charge on any atom is 0.348 e. The summed E-state index contributed by atoms with van der Waals surface area (Å²) in [6, 6.07) is 14.6. The van der Waals surface area contributed by atoms with Crippen LogP contribution in [0.1, 0.15) is 5.56 Å². The molecule has 32 heavy (non-hydrogen) atoms. The molecule has 1 N–H and O–H groups in total. The van der Waals surface area contributed by atoms with Crippen LogP contribution in [-0.4, -0.2) is 24.0 Å². The highest BCUT2D eigenvalue weighted by Gasteiger charge is 2.15. The Hall–Kier alpha value is -3.33. The molecule has 0 saturated heterocycles. The van der Waals surface area contributed by atoms with Crippen LogP contribution >= 0.6 is 34.8 Å². The number of nitro groups is 1. The molecule has 0 aliphatic heterocycles. The summed E-state index contributed by atoms with van der Waals surface area (Å²) in [5, 5.41) is 13.9. The van der Waals surface area contributed by atoms with Crippen LogP contribution < -0.4 is 10.1 Å². The standard InChI is InChI=1S/C21H14Cl3N3O5/c1-31-20(14-4-2-3-5-15(14)22)26-21(28)25-12-6-9-19(17(24)10-12)32-13-7-8-18(27(29)30)16(23)11-13/h2-11H,1H3,(H,25,28). The third-order valence-corrected chi connectivity index (χ3v) is 4.96. The van der Waals surface area contributed by atoms with Gasteiger partial charge in [-0.05, 0) is 36.4 Å². The monoisotopic (exact) mass is 493 g/mol. The summed E-state index contributed by atoms with van der Waals surface area (Å²) in [5.74, 6) is 0.564. The van der Waals surface area contributed by atoms with Crippen molar-refractivity contribution in [3.63, 3.8) is 0 Å². The quantitative estimate of drug-likeness (QED) is 0.178. The summed E-state index contributed by atoms with van der Waals surface area (Å²) in [6.45, 7) is 0. The number of urea groups is 1. The molecule has 0 atom stereocenters. The third kappa shape index (κ3) is 5.67. The van der Waals surface area contributed by atoms with Gasteiger partial charge in [0, 0.05) is 17.8 Å². The molecule has 0 fully saturated rings. The number of nitro benzene ring substituents is 1. The zero-order valence-electron chi connectivity index (χ0n) is 16.3. The molecule has 0 spiro atoms. The van der Waals surface area contributed by atoms with Gasteiger partial charge in [-0.1, -0.05) is 46.9 Å². The summed E-state index contributed by atoms with van der Waals surface area (Å²) in [6.07, 6.45) is 0. The summed E-state index contributed by atoms with van der Waals surface area (Å²) < 4.78 is 10.8. The number of amides is 2. The first-order chi connectivity index (χ1) is 15.3. The van der Waals surface area contributed by atoms with E-state index in [9.17, 15) is 14.9 Å². The Balaban J connectivity index is 1.74. The van der Waals surface area contributed by atoms with E-state index in [1.807, 2.05) is 0 Å². The first-order valence-corrected chi connectivity index (χ1v) is 10.0. The summed E-state index contributed by atoms with van der Waals surface area (Å²) in [4.78, 5) is 26.5. The molecule has 164 valence electrons. The van der Waals surface area contributed by atoms with Crippen molar-refractivity contribution in [3.8, 4) is 11.5 Å². The van der Waals surface area contributed by atoms with Gasteiger partial charge in [0.25, 0.3) is 5.69 Å². The van der Waals surface area contributed by atoms with Crippen LogP contribution in [0.4, 0.5) is 16.2 Å². The number of methoxy groups -OCH3 is 1. The zero-order valence-corrected chi connectivity index (χ0v) is 18.6. The molecule has 8 nitrogen and oxygen atoms in total. The largest absolute Gasteiger partial charge is 0.480 e. The average molecular weight is 495 g/mol. The number of halogens is 3. The number of nitrogens with one attached hydrogen (secondary N) is 1. The Morgan fingerprint density at radius 3 is 2.38 bits per heavy atom. The highest BCUT2D eigenvalue weighted by molar-refractivity contribution is 6.34. The van der Waals surface area contributed by atoms with Crippen molar-refractivity contribution < 1.29 is 19.2 Å². The molecule has 3 aromatic carbocycles. The van der Waals surface area contributed by atoms with E-state index in [1.165, 1.54) is 37.4 Å². The Kier molecular flexibility index (Phi) is 7.53. The molecule has 0 bridgehead atoms. The molecule has 3 aromatic rings. The maximum absolute atomic E-state index is 12.3. The molecule has 3 rings (SSSR count). The number of carbonyl (C=O) groups excluding carboxylic acids is 1. The molecular weight excluding hydrogens is 481 g/mol. The van der Waals surface area contributed by atoms with Crippen molar-refractivity contribution in [2.24, 2.45) is 4.99 Å². The van der Waals surface area contributed by atoms with Crippen molar-refractivity contribution in [1.82, 2.24) is 0 Å². The topological polar surface area (TPSA) is 103 Å². The van der Waals surface area contributed by atoms with E-state index in [0.29, 0.717) is 16.3 Å². The van der Waals surface area contributed by atoms with E-state index >= 15 is 0 Å². The number of hydrogen-bond donors (Lipinski definition) is 1. The van der Waals surface area contributed by atoms with Crippen LogP contribution in [0.5, 0.6) is 11.5 Å². The Morgan fingerprint density at radius 2 is 1.75 bits per heavy atom. The van der Waals surface area contributed by atoms with Gasteiger partial charge in [-0.25, -0.2) is 4.79 Å². The zero-order chi connectivity index (χ0) is 23.3. The van der Waals surface area contributed by atoms with Gasteiger partial charge in [0.1, 0.15) is 16.5 Å². The van der Waals surface area contributed by atoms with Gasteiger partial charge >= 0.3 is 6.03 Å². The summed E-state index contributed by atoms with van der Waals surface area (Å²) in [7, 11) is 1.38. The van der Waals surface area contributed by atoms with Crippen LogP contribution in [0.2, 0.25) is 15.1 Å². The first-order valence-electron chi connectivity index (χ1n) is 8.88. The minimum Gasteiger partial charge on any atom is -0.480 e. The lowest BCUT2D eigenvalue weighted by atomic mass is 10.2. The second-order valence-corrected chi connectivity index (χ2v) is 7.37. The lowest BCUT2D eigenvalue weighted by molar-refractivity contribution is -0.384. The van der Waals surface area contributed by atoms with E-state index in [2.05, 4.69) is 10.3 Å². The second-order valence-electron chi connectivity index (χ2n) is 6.15. The minimum atomic E-state index is -0.700. The second kappa shape index (κ2) is 10.3. The van der Waals surface area contributed by atoms with Crippen molar-refractivity contribution in [1.29, 1.82) is 0 Å². The molecule has 0 aliphatic rings. The number of nitrogens with zero attached hydrogens (tertiary/aromatic N) is 2. The SMILES string of the molecule is COC(=NC(=O)Nc1ccc(Oc2ccc([N+](=O)[O-])c(Cl)c2)c(Cl)c1)c1ccccc1Cl. The van der Waals surface area contributed by atoms with E-state index < -0.39 is 11.0 Å². The number of ether oxygens (including phenoxy) is 2. The van der Waals surface area contributed by atoms with Gasteiger partial charge in [-0.15, -0.1) is 0 Å². The Bertz CT molecular complexity index is 1220. The Morgan fingerprint density at radius 1 is 1.00 bits per heavy atom. The number of aliphatic imine (C=N–C) groups is 1. The van der Waals surface area contributed by atoms with Gasteiger partial charge in [0.05, 0.1) is 27.6 Å². The van der Waals surface area contributed by atoms with Crippen molar-refractivity contribution >= 4 is 58.1 Å². The lowest BCUT2D eigenvalue weighted by Gasteiger charge is -2.10. The fraction of sp³-hybridized carbons (Fsp3) is 0.0476. The Labute approximate surface area is 197 Å². The fourth-order valence-corrected chi connectivity index (χ4v) is 3.26. The van der Waals surface area contributed by atoms with Crippen molar-refractivity contribution in [2.75, 3.05) is 12.4 Å². The molecular formula is C21H14Cl3N3O5. The van der Waals surface area contributed by atoms with E-state index in [1.54, 1.807) is 30.3 Å². The number of carbonyl (C=O) groups is 1. The van der Waals surface area contributed by atoms with Gasteiger partial charge in [0.15, 0.2) is 0 Å². The van der Waals surface area contributed by atoms with Crippen LogP contribution in [-0.2, 0) is 4.74 Å². The summed E-state index contributed by atoms with van der Waals surface area (Å²) >= 11 is 18.2. The van der Waals surface area contributed by atoms with Crippen LogP contribution in [0.15, 0.2) is 65.7 Å². The van der Waals surface area contributed by atoms with E-state index in [0.717, 1.165) is 0 Å². The smallest absolute Gasteiger partial charge is 0.348 e. The van der Waals surface area contributed by atoms with Gasteiger partial charge < -0.3 is 14.8 Å². The number of rotatable bonds is 5. The van der Waals surface area contributed by atoms with Gasteiger partial charge in [0.2, 0.25) is 5.90 Å². The third-order valence-electron chi connectivity index (χ3n) is 4.03. The molecule has 0 radical (unpaired) electrons. The highest BCUT2D eigenvalue weighted by Crippen LogP contribution is 2.35. The van der Waals surface area contributed by atoms with Crippen molar-refractivity contribution in [2.45, 2.75) is 0 Å². The predicted molar refractivity (Wildman–Crippen MR) is 124 cm³/mol. The minimum absolute atomic E-state index is 0.0502. The van der Waals surface area contributed by atoms with Crippen LogP contribution in [0.25, 0.3) is 0 Å². The molecule has 0 aromatic heterocycles. The van der Waals surface area contributed by atoms with E-state index in [-0.39, 0.29) is 33.1 Å². The average Bonchev–Trinajstić information content (AvgIpc) is 2.74. The lowest BCUT2D eigenvalue weighted by Crippen LogP contribution is -2.13. The fourth-order valence-electron chi connectivity index (χ4n) is 2.58. The summed E-state index contributed by atoms with van der Waals surface area (Å²) in [5.41, 5.74) is 0.582. The molecule has 0 heterocycles. The normalized spacial score (nSPS) is 11.1. The van der Waals surface area contributed by atoms with Crippen LogP contribution in [0.3, 0.4) is 0 Å². The van der Waals surface area contributed by atoms with E-state index in [4.69, 9.17) is 44.3 Å². The number of anilines is 1. The first kappa shape index (κ1) is 23.3. The molecule has 2 amide bonds. The van der Waals surface area contributed by atoms with Gasteiger partial charge in [-0.3, -0.25) is 10.1 Å². The van der Waals surface area contributed by atoms with Gasteiger partial charge in [-0.2, -0.15) is 4.99 Å². The molecule has 0 saturated carbocycles. The highest BCUT2D eigenvalue weighted by atomic mass is 35.5. The predicted octanol–water partition coefficient (Wildman–Crippen LogP) is 6.97. The number of hydrogen-bond acceptors (Lipinski definition) is 5. The number of benzene rings is 3. The molecule has 0 unspecified atom stereocenters.